The van der Waals surface area contributed by atoms with Crippen LogP contribution in [0.15, 0.2) is 128 Å². The third-order valence-electron chi connectivity index (χ3n) is 9.39. The Morgan fingerprint density at radius 3 is 1.53 bits per heavy atom. The van der Waals surface area contributed by atoms with Gasteiger partial charge in [0, 0.05) is 19.0 Å². The van der Waals surface area contributed by atoms with Crippen molar-refractivity contribution in [2.45, 2.75) is 123 Å². The maximum Gasteiger partial charge on any atom is 0.419 e. The van der Waals surface area contributed by atoms with Gasteiger partial charge in [-0.15, -0.1) is 0 Å². The molecule has 0 saturated heterocycles. The van der Waals surface area contributed by atoms with Crippen LogP contribution in [-0.2, 0) is 53.5 Å². The number of benzene rings is 4. The molecule has 12 nitrogen and oxygen atoms in total. The van der Waals surface area contributed by atoms with Gasteiger partial charge in [-0.2, -0.15) is 0 Å². The molecule has 0 aliphatic heterocycles. The van der Waals surface area contributed by atoms with E-state index in [9.17, 15) is 19.2 Å². The number of esters is 2. The number of amides is 1. The molecule has 2 atom stereocenters. The number of aryl methyl sites for hydroxylation is 1. The Morgan fingerprint density at radius 2 is 1.06 bits per heavy atom. The number of hydrogen-bond donors (Lipinski definition) is 2. The molecule has 12 heteroatoms. The van der Waals surface area contributed by atoms with Crippen LogP contribution >= 0.6 is 0 Å². The summed E-state index contributed by atoms with van der Waals surface area (Å²) in [5, 5.41) is 6.41. The fourth-order valence-electron chi connectivity index (χ4n) is 6.87. The van der Waals surface area contributed by atoms with Crippen LogP contribution in [0.2, 0.25) is 0 Å². The predicted molar refractivity (Wildman–Crippen MR) is 237 cm³/mol. The van der Waals surface area contributed by atoms with Crippen LogP contribution in [0.4, 0.5) is 9.59 Å². The summed E-state index contributed by atoms with van der Waals surface area (Å²) >= 11 is 0. The van der Waals surface area contributed by atoms with E-state index in [-0.39, 0.29) is 31.7 Å². The average Bonchev–Trinajstić information content (AvgIpc) is 3.62. The Hall–Kier alpha value is -6.27. The van der Waals surface area contributed by atoms with Crippen LogP contribution in [-0.4, -0.2) is 62.6 Å². The second-order valence-corrected chi connectivity index (χ2v) is 18.1. The highest BCUT2D eigenvalue weighted by molar-refractivity contribution is 5.82. The Morgan fingerprint density at radius 1 is 0.597 bits per heavy atom. The molecular weight excluding hydrogens is 785 g/mol. The van der Waals surface area contributed by atoms with Crippen LogP contribution in [0.5, 0.6) is 0 Å². The van der Waals surface area contributed by atoms with Crippen LogP contribution in [0.25, 0.3) is 0 Å². The van der Waals surface area contributed by atoms with E-state index in [0.717, 1.165) is 22.3 Å². The first-order valence-corrected chi connectivity index (χ1v) is 20.9. The SMILES string of the molecule is CC(C)(C)OC(=O)N[C@@H](Cc1cn(C(=O)OC(C)(C)C)c(CC[C@H](NC(c2ccccc2)(c2ccccc2)c2ccccc2)C(=O)OCc2ccccc2)n1)C(=O)OC(C)(C)C. The van der Waals surface area contributed by atoms with Gasteiger partial charge in [0.2, 0.25) is 0 Å². The van der Waals surface area contributed by atoms with Crippen LogP contribution < -0.4 is 10.6 Å². The lowest BCUT2D eigenvalue weighted by molar-refractivity contribution is -0.157. The number of ether oxygens (including phenoxy) is 4. The molecule has 1 heterocycles. The molecule has 0 unspecified atom stereocenters. The second kappa shape index (κ2) is 20.1. The molecule has 5 rings (SSSR count). The lowest BCUT2D eigenvalue weighted by atomic mass is 9.76. The molecule has 0 saturated carbocycles. The van der Waals surface area contributed by atoms with Crippen molar-refractivity contribution in [1.29, 1.82) is 0 Å². The summed E-state index contributed by atoms with van der Waals surface area (Å²) in [6.07, 6.45) is 0.0208. The Balaban J connectivity index is 1.58. The molecule has 0 bridgehead atoms. The van der Waals surface area contributed by atoms with Crippen LogP contribution in [0.3, 0.4) is 0 Å². The summed E-state index contributed by atoms with van der Waals surface area (Å²) < 4.78 is 24.3. The molecule has 0 fully saturated rings. The third-order valence-corrected chi connectivity index (χ3v) is 9.39. The van der Waals surface area contributed by atoms with Gasteiger partial charge >= 0.3 is 24.1 Å². The fourth-order valence-corrected chi connectivity index (χ4v) is 6.87. The molecule has 0 spiro atoms. The van der Waals surface area contributed by atoms with Crippen molar-refractivity contribution in [3.05, 3.63) is 161 Å². The Bertz CT molecular complexity index is 2140. The fraction of sp³-hybridized carbons (Fsp3) is 0.380. The minimum atomic E-state index is -1.22. The number of hydrogen-bond acceptors (Lipinski definition) is 10. The van der Waals surface area contributed by atoms with Crippen LogP contribution in [0.1, 0.15) is 103 Å². The van der Waals surface area contributed by atoms with Gasteiger partial charge in [-0.05, 0) is 91.0 Å². The van der Waals surface area contributed by atoms with E-state index in [1.54, 1.807) is 62.3 Å². The zero-order valence-corrected chi connectivity index (χ0v) is 37.3. The van der Waals surface area contributed by atoms with Crippen molar-refractivity contribution < 1.29 is 38.1 Å². The van der Waals surface area contributed by atoms with Crippen molar-refractivity contribution in [2.24, 2.45) is 0 Å². The molecule has 0 aliphatic rings. The second-order valence-electron chi connectivity index (χ2n) is 18.1. The number of aromatic nitrogens is 2. The van der Waals surface area contributed by atoms with E-state index in [2.05, 4.69) is 10.6 Å². The summed E-state index contributed by atoms with van der Waals surface area (Å²) in [7, 11) is 0. The molecule has 5 aromatic rings. The van der Waals surface area contributed by atoms with E-state index in [1.165, 1.54) is 10.8 Å². The molecule has 2 N–H and O–H groups in total. The molecule has 4 aromatic carbocycles. The van der Waals surface area contributed by atoms with Crippen molar-refractivity contribution in [2.75, 3.05) is 0 Å². The molecule has 0 radical (unpaired) electrons. The van der Waals surface area contributed by atoms with E-state index < -0.39 is 58.6 Å². The summed E-state index contributed by atoms with van der Waals surface area (Å²) in [5.41, 5.74) is 0.190. The van der Waals surface area contributed by atoms with Crippen molar-refractivity contribution in [3.8, 4) is 0 Å². The summed E-state index contributed by atoms with van der Waals surface area (Å²) in [6, 6.07) is 37.0. The van der Waals surface area contributed by atoms with Gasteiger partial charge in [0.15, 0.2) is 0 Å². The summed E-state index contributed by atoms with van der Waals surface area (Å²) in [6.45, 7) is 15.6. The van der Waals surface area contributed by atoms with E-state index in [4.69, 9.17) is 23.9 Å². The Kier molecular flexibility index (Phi) is 15.1. The topological polar surface area (TPSA) is 147 Å². The van der Waals surface area contributed by atoms with Gasteiger partial charge in [-0.25, -0.2) is 23.9 Å². The largest absolute Gasteiger partial charge is 0.460 e. The highest BCUT2D eigenvalue weighted by atomic mass is 16.6. The number of nitrogens with zero attached hydrogens (tertiary/aromatic N) is 2. The highest BCUT2D eigenvalue weighted by Crippen LogP contribution is 2.38. The van der Waals surface area contributed by atoms with Crippen molar-refractivity contribution >= 4 is 24.1 Å². The third kappa shape index (κ3) is 13.4. The first-order chi connectivity index (χ1) is 29.2. The number of imidazole rings is 1. The number of alkyl carbamates (subject to hydrolysis) is 1. The first kappa shape index (κ1) is 46.8. The lowest BCUT2D eigenvalue weighted by Gasteiger charge is -2.39. The van der Waals surface area contributed by atoms with Gasteiger partial charge in [-0.1, -0.05) is 121 Å². The maximum absolute atomic E-state index is 14.6. The zero-order valence-electron chi connectivity index (χ0n) is 37.3. The molecule has 1 amide bonds. The average molecular weight is 845 g/mol. The first-order valence-electron chi connectivity index (χ1n) is 20.9. The van der Waals surface area contributed by atoms with E-state index in [1.807, 2.05) is 121 Å². The molecule has 62 heavy (non-hydrogen) atoms. The normalized spacial score (nSPS) is 13.0. The lowest BCUT2D eigenvalue weighted by Crippen LogP contribution is -2.53. The van der Waals surface area contributed by atoms with Gasteiger partial charge in [0.1, 0.15) is 41.3 Å². The highest BCUT2D eigenvalue weighted by Gasteiger charge is 2.41. The minimum absolute atomic E-state index is 0.0419. The van der Waals surface area contributed by atoms with Gasteiger partial charge in [0.05, 0.1) is 11.2 Å². The van der Waals surface area contributed by atoms with Crippen molar-refractivity contribution in [3.63, 3.8) is 0 Å². The molecule has 0 aliphatic carbocycles. The predicted octanol–water partition coefficient (Wildman–Crippen LogP) is 9.07. The maximum atomic E-state index is 14.6. The van der Waals surface area contributed by atoms with E-state index in [0.29, 0.717) is 5.69 Å². The number of carbonyl (C=O) groups excluding carboxylic acids is 4. The summed E-state index contributed by atoms with van der Waals surface area (Å²) in [4.78, 5) is 59.8. The quantitative estimate of drug-likeness (QED) is 0.0595. The number of rotatable bonds is 15. The van der Waals surface area contributed by atoms with Crippen molar-refractivity contribution in [1.82, 2.24) is 20.2 Å². The van der Waals surface area contributed by atoms with Gasteiger partial charge in [-0.3, -0.25) is 10.1 Å². The smallest absolute Gasteiger partial charge is 0.419 e. The molecule has 328 valence electrons. The van der Waals surface area contributed by atoms with Gasteiger partial charge in [0.25, 0.3) is 0 Å². The summed E-state index contributed by atoms with van der Waals surface area (Å²) in [5.74, 6) is -0.953. The minimum Gasteiger partial charge on any atom is -0.460 e. The van der Waals surface area contributed by atoms with E-state index >= 15 is 0 Å². The van der Waals surface area contributed by atoms with Crippen LogP contribution in [0, 0.1) is 0 Å². The zero-order chi connectivity index (χ0) is 45.1. The van der Waals surface area contributed by atoms with Gasteiger partial charge < -0.3 is 24.3 Å². The molecule has 1 aromatic heterocycles. The number of nitrogens with one attached hydrogen (secondary N) is 2. The standard InChI is InChI=1S/C50H60N4O8/c1-47(2,3)60-44(56)41(52-45(57)61-48(4,5)6)32-39-33-54(46(58)62-49(7,8)9)42(51-39)31-30-40(43(55)59-34-35-22-14-10-15-23-35)53-50(36-24-16-11-17-25-36,37-26-18-12-19-27-37)38-28-20-13-21-29-38/h10-29,33,40-41,53H,30-32,34H2,1-9H3,(H,52,57)/t40-,41-/m0/s1. The monoisotopic (exact) mass is 844 g/mol. The molecular formula is C50H60N4O8. The Labute approximate surface area is 365 Å². The number of carbonyl (C=O) groups is 4.